The fourth-order valence-corrected chi connectivity index (χ4v) is 5.92. The van der Waals surface area contributed by atoms with Crippen molar-refractivity contribution in [1.29, 1.82) is 0 Å². The van der Waals surface area contributed by atoms with Gasteiger partial charge in [-0.1, -0.05) is 42.2 Å². The number of hydrogen-bond acceptors (Lipinski definition) is 6. The number of benzene rings is 1. The van der Waals surface area contributed by atoms with E-state index in [1.54, 1.807) is 18.2 Å². The minimum Gasteiger partial charge on any atom is -0.340 e. The molecule has 6 nitrogen and oxygen atoms in total. The molecule has 0 saturated carbocycles. The zero-order valence-corrected chi connectivity index (χ0v) is 16.9. The summed E-state index contributed by atoms with van der Waals surface area (Å²) in [5, 5.41) is 0. The number of halogens is 1. The van der Waals surface area contributed by atoms with Crippen LogP contribution in [0.5, 0.6) is 0 Å². The van der Waals surface area contributed by atoms with E-state index in [1.807, 2.05) is 0 Å². The van der Waals surface area contributed by atoms with E-state index in [0.29, 0.717) is 6.42 Å². The number of carbonyl (C=O) groups is 2. The van der Waals surface area contributed by atoms with Crippen molar-refractivity contribution in [3.63, 3.8) is 0 Å². The molecule has 2 aliphatic rings. The summed E-state index contributed by atoms with van der Waals surface area (Å²) in [4.78, 5) is 27.8. The van der Waals surface area contributed by atoms with Gasteiger partial charge in [-0.05, 0) is 18.6 Å². The summed E-state index contributed by atoms with van der Waals surface area (Å²) in [7, 11) is -1.59. The average molecular weight is 429 g/mol. The third-order valence-electron chi connectivity index (χ3n) is 4.51. The minimum absolute atomic E-state index is 0.0573. The van der Waals surface area contributed by atoms with Gasteiger partial charge in [-0.25, -0.2) is 12.8 Å². The zero-order chi connectivity index (χ0) is 19.8. The van der Waals surface area contributed by atoms with E-state index < -0.39 is 27.6 Å². The zero-order valence-electron chi connectivity index (χ0n) is 14.4. The number of sulfone groups is 1. The summed E-state index contributed by atoms with van der Waals surface area (Å²) in [6, 6.07) is 5.65. The van der Waals surface area contributed by atoms with Crippen LogP contribution in [0.2, 0.25) is 0 Å². The molecule has 0 bridgehead atoms. The molecular formula is C17H17FN2O4S3. The van der Waals surface area contributed by atoms with E-state index in [0.717, 1.165) is 16.7 Å². The number of thiocarbonyl (C=S) groups is 1. The van der Waals surface area contributed by atoms with Crippen molar-refractivity contribution >= 4 is 56.0 Å². The highest BCUT2D eigenvalue weighted by Gasteiger charge is 2.37. The second-order valence-electron chi connectivity index (χ2n) is 6.35. The lowest BCUT2D eigenvalue weighted by molar-refractivity contribution is -0.135. The molecule has 0 aliphatic carbocycles. The van der Waals surface area contributed by atoms with Crippen molar-refractivity contribution in [3.05, 3.63) is 40.6 Å². The van der Waals surface area contributed by atoms with Gasteiger partial charge in [-0.2, -0.15) is 0 Å². The fraction of sp³-hybridized carbons (Fsp3) is 0.353. The van der Waals surface area contributed by atoms with Gasteiger partial charge in [-0.3, -0.25) is 14.5 Å². The molecule has 2 heterocycles. The van der Waals surface area contributed by atoms with E-state index in [9.17, 15) is 22.4 Å². The Kier molecular flexibility index (Phi) is 5.68. The van der Waals surface area contributed by atoms with Crippen LogP contribution in [0.15, 0.2) is 29.2 Å². The molecule has 0 spiro atoms. The molecule has 27 heavy (non-hydrogen) atoms. The van der Waals surface area contributed by atoms with Crippen molar-refractivity contribution < 1.29 is 22.4 Å². The highest BCUT2D eigenvalue weighted by Crippen LogP contribution is 2.33. The van der Waals surface area contributed by atoms with Crippen molar-refractivity contribution in [2.45, 2.75) is 12.5 Å². The van der Waals surface area contributed by atoms with E-state index in [2.05, 4.69) is 0 Å². The molecule has 2 fully saturated rings. The summed E-state index contributed by atoms with van der Waals surface area (Å²) < 4.78 is 37.2. The predicted molar refractivity (Wildman–Crippen MR) is 106 cm³/mol. The van der Waals surface area contributed by atoms with E-state index >= 15 is 0 Å². The van der Waals surface area contributed by atoms with Crippen LogP contribution in [0.25, 0.3) is 6.08 Å². The van der Waals surface area contributed by atoms with Crippen LogP contribution in [0.4, 0.5) is 4.39 Å². The van der Waals surface area contributed by atoms with Crippen molar-refractivity contribution in [2.24, 2.45) is 0 Å². The van der Waals surface area contributed by atoms with Gasteiger partial charge in [0.15, 0.2) is 9.84 Å². The highest BCUT2D eigenvalue weighted by atomic mass is 32.2. The molecule has 144 valence electrons. The maximum Gasteiger partial charge on any atom is 0.266 e. The Morgan fingerprint density at radius 3 is 2.78 bits per heavy atom. The lowest BCUT2D eigenvalue weighted by Gasteiger charge is -2.25. The first-order valence-electron chi connectivity index (χ1n) is 8.14. The van der Waals surface area contributed by atoms with Crippen LogP contribution in [0, 0.1) is 5.82 Å². The average Bonchev–Trinajstić information content (AvgIpc) is 3.10. The van der Waals surface area contributed by atoms with Crippen molar-refractivity contribution in [2.75, 3.05) is 25.1 Å². The Hall–Kier alpha value is -1.78. The Labute approximate surface area is 166 Å². The van der Waals surface area contributed by atoms with Gasteiger partial charge in [0.1, 0.15) is 16.7 Å². The largest absolute Gasteiger partial charge is 0.340 e. The van der Waals surface area contributed by atoms with Gasteiger partial charge in [0.05, 0.1) is 16.4 Å². The monoisotopic (exact) mass is 428 g/mol. The second-order valence-corrected chi connectivity index (χ2v) is 10.3. The molecule has 10 heteroatoms. The van der Waals surface area contributed by atoms with Crippen LogP contribution in [-0.4, -0.2) is 65.5 Å². The molecule has 3 rings (SSSR count). The molecule has 1 aromatic rings. The molecule has 2 amide bonds. The standard InChI is InChI=1S/C17H17FN2O4S3/c1-19(12-6-7-27(23,24)10-12)15(21)9-20-16(22)14(26-17(20)25)8-11-4-2-3-5-13(11)18/h2-5,8,12H,6-7,9-10H2,1H3/b14-8+/t12-/m1/s1. The molecule has 2 saturated heterocycles. The predicted octanol–water partition coefficient (Wildman–Crippen LogP) is 1.67. The normalized spacial score (nSPS) is 23.3. The molecule has 1 aromatic carbocycles. The lowest BCUT2D eigenvalue weighted by atomic mass is 10.2. The maximum atomic E-state index is 13.8. The van der Waals surface area contributed by atoms with Crippen LogP contribution in [-0.2, 0) is 19.4 Å². The topological polar surface area (TPSA) is 74.8 Å². The third kappa shape index (κ3) is 4.39. The number of rotatable bonds is 4. The molecule has 1 atom stereocenters. The van der Waals surface area contributed by atoms with E-state index in [1.165, 1.54) is 24.1 Å². The molecule has 0 aromatic heterocycles. The smallest absolute Gasteiger partial charge is 0.266 e. The number of carbonyl (C=O) groups excluding carboxylic acids is 2. The van der Waals surface area contributed by atoms with Gasteiger partial charge < -0.3 is 4.90 Å². The molecule has 0 radical (unpaired) electrons. The first-order valence-corrected chi connectivity index (χ1v) is 11.2. The second kappa shape index (κ2) is 7.69. The number of hydrogen-bond donors (Lipinski definition) is 0. The first-order chi connectivity index (χ1) is 12.7. The Balaban J connectivity index is 1.70. The van der Waals surface area contributed by atoms with Gasteiger partial charge in [0, 0.05) is 18.7 Å². The summed E-state index contributed by atoms with van der Waals surface area (Å²) in [5.41, 5.74) is 0.262. The van der Waals surface area contributed by atoms with Crippen molar-refractivity contribution in [3.8, 4) is 0 Å². The van der Waals surface area contributed by atoms with E-state index in [-0.39, 0.29) is 38.7 Å². The van der Waals surface area contributed by atoms with Gasteiger partial charge in [0.25, 0.3) is 5.91 Å². The van der Waals surface area contributed by atoms with Crippen LogP contribution < -0.4 is 0 Å². The van der Waals surface area contributed by atoms with Crippen LogP contribution in [0.3, 0.4) is 0 Å². The SMILES string of the molecule is CN(C(=O)CN1C(=O)/C(=C\c2ccccc2F)SC1=S)[C@@H]1CCS(=O)(=O)C1. The lowest BCUT2D eigenvalue weighted by Crippen LogP contribution is -2.45. The van der Waals surface area contributed by atoms with Gasteiger partial charge in [-0.15, -0.1) is 0 Å². The summed E-state index contributed by atoms with van der Waals surface area (Å²) in [5.74, 6) is -1.32. The number of likely N-dealkylation sites (N-methyl/N-ethyl adjacent to an activating group) is 1. The molecule has 0 N–H and O–H groups in total. The van der Waals surface area contributed by atoms with Gasteiger partial charge in [0.2, 0.25) is 5.91 Å². The van der Waals surface area contributed by atoms with E-state index in [4.69, 9.17) is 12.2 Å². The Morgan fingerprint density at radius 2 is 2.15 bits per heavy atom. The van der Waals surface area contributed by atoms with Gasteiger partial charge >= 0.3 is 0 Å². The maximum absolute atomic E-state index is 13.8. The molecule has 0 unspecified atom stereocenters. The number of amides is 2. The first kappa shape index (κ1) is 20.0. The fourth-order valence-electron chi connectivity index (χ4n) is 2.90. The summed E-state index contributed by atoms with van der Waals surface area (Å²) in [6.07, 6.45) is 1.79. The van der Waals surface area contributed by atoms with Crippen molar-refractivity contribution in [1.82, 2.24) is 9.80 Å². The molecular weight excluding hydrogens is 411 g/mol. The Bertz CT molecular complexity index is 945. The highest BCUT2D eigenvalue weighted by molar-refractivity contribution is 8.26. The van der Waals surface area contributed by atoms with Crippen LogP contribution >= 0.6 is 24.0 Å². The number of thioether (sulfide) groups is 1. The quantitative estimate of drug-likeness (QED) is 0.537. The third-order valence-corrected chi connectivity index (χ3v) is 7.64. The Morgan fingerprint density at radius 1 is 1.44 bits per heavy atom. The van der Waals surface area contributed by atoms with Crippen LogP contribution in [0.1, 0.15) is 12.0 Å². The summed E-state index contributed by atoms with van der Waals surface area (Å²) >= 11 is 6.19. The minimum atomic E-state index is -3.12. The molecule has 2 aliphatic heterocycles. The number of nitrogens with zero attached hydrogens (tertiary/aromatic N) is 2. The summed E-state index contributed by atoms with van der Waals surface area (Å²) in [6.45, 7) is -0.272.